The molecule has 1 N–H and O–H groups in total. The number of nitrogens with one attached hydrogen (secondary N) is 1. The second kappa shape index (κ2) is 11.0. The highest BCUT2D eigenvalue weighted by Crippen LogP contribution is 2.23. The van der Waals surface area contributed by atoms with Crippen molar-refractivity contribution in [1.29, 1.82) is 0 Å². The average Bonchev–Trinajstić information content (AvgIpc) is 2.75. The van der Waals surface area contributed by atoms with Crippen molar-refractivity contribution in [2.24, 2.45) is 5.10 Å². The molecule has 164 valence electrons. The first kappa shape index (κ1) is 23.6. The van der Waals surface area contributed by atoms with E-state index >= 15 is 0 Å². The van der Waals surface area contributed by atoms with Crippen LogP contribution in [0, 0.1) is 0 Å². The Morgan fingerprint density at radius 3 is 2.38 bits per heavy atom. The molecule has 0 unspecified atom stereocenters. The summed E-state index contributed by atoms with van der Waals surface area (Å²) in [5.41, 5.74) is 3.20. The minimum atomic E-state index is -0.773. The summed E-state index contributed by atoms with van der Waals surface area (Å²) in [5.74, 6) is -0.259. The molecule has 3 aromatic carbocycles. The lowest BCUT2D eigenvalue weighted by Gasteiger charge is -2.12. The van der Waals surface area contributed by atoms with Gasteiger partial charge in [-0.25, -0.2) is 10.2 Å². The van der Waals surface area contributed by atoms with E-state index in [0.29, 0.717) is 21.4 Å². The van der Waals surface area contributed by atoms with Crippen molar-refractivity contribution >= 4 is 52.9 Å². The summed E-state index contributed by atoms with van der Waals surface area (Å²) < 4.78 is 10.9. The molecule has 0 bridgehead atoms. The molecule has 0 aliphatic rings. The van der Waals surface area contributed by atoms with Crippen molar-refractivity contribution in [3.8, 4) is 11.5 Å². The molecule has 0 saturated heterocycles. The summed E-state index contributed by atoms with van der Waals surface area (Å²) in [4.78, 5) is 24.5. The molecule has 9 heteroatoms. The molecule has 0 heterocycles. The van der Waals surface area contributed by atoms with E-state index in [1.807, 2.05) is 0 Å². The molecule has 6 nitrogen and oxygen atoms in total. The molecule has 32 heavy (non-hydrogen) atoms. The van der Waals surface area contributed by atoms with Crippen LogP contribution in [-0.4, -0.2) is 24.2 Å². The van der Waals surface area contributed by atoms with Gasteiger partial charge in [-0.05, 0) is 67.1 Å². The minimum absolute atomic E-state index is 0.192. The van der Waals surface area contributed by atoms with Crippen LogP contribution in [0.4, 0.5) is 0 Å². The summed E-state index contributed by atoms with van der Waals surface area (Å²) in [5, 5.41) is 5.10. The van der Waals surface area contributed by atoms with Crippen molar-refractivity contribution < 1.29 is 19.1 Å². The molecular formula is C23H17Cl3N2O4. The van der Waals surface area contributed by atoms with Crippen LogP contribution < -0.4 is 14.9 Å². The first-order valence-corrected chi connectivity index (χ1v) is 10.5. The minimum Gasteiger partial charge on any atom is -0.481 e. The molecule has 1 amide bonds. The lowest BCUT2D eigenvalue weighted by molar-refractivity contribution is -0.127. The van der Waals surface area contributed by atoms with E-state index in [1.54, 1.807) is 61.5 Å². The van der Waals surface area contributed by atoms with Crippen molar-refractivity contribution in [1.82, 2.24) is 5.43 Å². The number of nitrogens with zero attached hydrogens (tertiary/aromatic N) is 1. The van der Waals surface area contributed by atoms with Gasteiger partial charge in [-0.15, -0.1) is 0 Å². The molecule has 0 aliphatic heterocycles. The molecular weight excluding hydrogens is 475 g/mol. The molecule has 3 rings (SSSR count). The van der Waals surface area contributed by atoms with Gasteiger partial charge in [0.05, 0.1) is 16.8 Å². The summed E-state index contributed by atoms with van der Waals surface area (Å²) in [7, 11) is 0. The molecule has 0 fully saturated rings. The number of hydrogen-bond donors (Lipinski definition) is 1. The van der Waals surface area contributed by atoms with Crippen LogP contribution in [0.25, 0.3) is 0 Å². The third kappa shape index (κ3) is 6.72. The Kier molecular flexibility index (Phi) is 8.11. The first-order chi connectivity index (χ1) is 15.3. The third-order valence-electron chi connectivity index (χ3n) is 4.10. The van der Waals surface area contributed by atoms with Gasteiger partial charge in [-0.1, -0.05) is 46.9 Å². The van der Waals surface area contributed by atoms with Gasteiger partial charge in [0.15, 0.2) is 6.10 Å². The van der Waals surface area contributed by atoms with Crippen LogP contribution in [0.2, 0.25) is 15.1 Å². The number of amides is 1. The van der Waals surface area contributed by atoms with E-state index < -0.39 is 18.0 Å². The van der Waals surface area contributed by atoms with Crippen LogP contribution >= 0.6 is 34.8 Å². The van der Waals surface area contributed by atoms with Gasteiger partial charge in [-0.3, -0.25) is 4.79 Å². The number of esters is 1. The highest BCUT2D eigenvalue weighted by atomic mass is 35.5. The maximum absolute atomic E-state index is 12.3. The third-order valence-corrected chi connectivity index (χ3v) is 4.90. The second-order valence-electron chi connectivity index (χ2n) is 6.53. The van der Waals surface area contributed by atoms with E-state index in [1.165, 1.54) is 18.3 Å². The first-order valence-electron chi connectivity index (χ1n) is 9.34. The number of hydrogen-bond acceptors (Lipinski definition) is 5. The Bertz CT molecular complexity index is 1150. The second-order valence-corrected chi connectivity index (χ2v) is 7.81. The Labute approximate surface area is 199 Å². The van der Waals surface area contributed by atoms with Crippen molar-refractivity contribution in [3.63, 3.8) is 0 Å². The molecule has 1 atom stereocenters. The number of carbonyl (C=O) groups is 2. The van der Waals surface area contributed by atoms with Crippen molar-refractivity contribution in [2.45, 2.75) is 13.0 Å². The standard InChI is InChI=1S/C23H17Cl3N2O4/c1-14(31-18-8-5-16(24)6-9-18)22(29)28-27-13-15-3-2-4-19(11-15)32-23(30)20-10-7-17(25)12-21(20)26/h2-14H,1H3,(H,28,29)/b27-13-/t14-/m0/s1. The van der Waals surface area contributed by atoms with Gasteiger partial charge in [0.1, 0.15) is 11.5 Å². The summed E-state index contributed by atoms with van der Waals surface area (Å²) in [6.45, 7) is 1.60. The van der Waals surface area contributed by atoms with Crippen molar-refractivity contribution in [2.75, 3.05) is 0 Å². The van der Waals surface area contributed by atoms with Crippen LogP contribution in [0.3, 0.4) is 0 Å². The van der Waals surface area contributed by atoms with Gasteiger partial charge in [0, 0.05) is 10.0 Å². The van der Waals surface area contributed by atoms with Gasteiger partial charge in [0.25, 0.3) is 5.91 Å². The highest BCUT2D eigenvalue weighted by Gasteiger charge is 2.15. The zero-order valence-electron chi connectivity index (χ0n) is 16.7. The summed E-state index contributed by atoms with van der Waals surface area (Å²) in [6, 6.07) is 17.8. The number of carbonyl (C=O) groups excluding carboxylic acids is 2. The van der Waals surface area contributed by atoms with Crippen LogP contribution in [0.1, 0.15) is 22.8 Å². The molecule has 0 spiro atoms. The number of benzene rings is 3. The number of ether oxygens (including phenoxy) is 2. The lowest BCUT2D eigenvalue weighted by atomic mass is 10.2. The van der Waals surface area contributed by atoms with Crippen LogP contribution in [-0.2, 0) is 4.79 Å². The van der Waals surface area contributed by atoms with Gasteiger partial charge < -0.3 is 9.47 Å². The monoisotopic (exact) mass is 490 g/mol. The van der Waals surface area contributed by atoms with E-state index in [9.17, 15) is 9.59 Å². The van der Waals surface area contributed by atoms with Gasteiger partial charge in [0.2, 0.25) is 0 Å². The maximum Gasteiger partial charge on any atom is 0.345 e. The van der Waals surface area contributed by atoms with E-state index in [2.05, 4.69) is 10.5 Å². The topological polar surface area (TPSA) is 77.0 Å². The van der Waals surface area contributed by atoms with Gasteiger partial charge in [-0.2, -0.15) is 5.10 Å². The Morgan fingerprint density at radius 2 is 1.66 bits per heavy atom. The van der Waals surface area contributed by atoms with Gasteiger partial charge >= 0.3 is 5.97 Å². The van der Waals surface area contributed by atoms with Crippen LogP contribution in [0.15, 0.2) is 71.8 Å². The Balaban J connectivity index is 1.57. The Hall–Kier alpha value is -3.06. The highest BCUT2D eigenvalue weighted by molar-refractivity contribution is 6.36. The zero-order valence-corrected chi connectivity index (χ0v) is 19.0. The largest absolute Gasteiger partial charge is 0.481 e. The Morgan fingerprint density at radius 1 is 0.938 bits per heavy atom. The van der Waals surface area contributed by atoms with Crippen LogP contribution in [0.5, 0.6) is 11.5 Å². The van der Waals surface area contributed by atoms with E-state index in [-0.39, 0.29) is 16.3 Å². The predicted molar refractivity (Wildman–Crippen MR) is 125 cm³/mol. The van der Waals surface area contributed by atoms with Crippen molar-refractivity contribution in [3.05, 3.63) is 92.9 Å². The lowest BCUT2D eigenvalue weighted by Crippen LogP contribution is -2.33. The number of rotatable bonds is 7. The molecule has 0 radical (unpaired) electrons. The zero-order chi connectivity index (χ0) is 23.1. The fraction of sp³-hybridized carbons (Fsp3) is 0.0870. The summed E-state index contributed by atoms with van der Waals surface area (Å²) in [6.07, 6.45) is 0.643. The summed E-state index contributed by atoms with van der Waals surface area (Å²) >= 11 is 17.7. The average molecular weight is 492 g/mol. The smallest absolute Gasteiger partial charge is 0.345 e. The molecule has 0 saturated carbocycles. The molecule has 0 aromatic heterocycles. The predicted octanol–water partition coefficient (Wildman–Crippen LogP) is 5.78. The molecule has 3 aromatic rings. The number of halogens is 3. The normalized spacial score (nSPS) is 11.8. The maximum atomic E-state index is 12.3. The van der Waals surface area contributed by atoms with E-state index in [4.69, 9.17) is 44.3 Å². The fourth-order valence-corrected chi connectivity index (χ4v) is 3.12. The SMILES string of the molecule is C[C@H](Oc1ccc(Cl)cc1)C(=O)N/N=C\c1cccc(OC(=O)c2ccc(Cl)cc2Cl)c1. The fourth-order valence-electron chi connectivity index (χ4n) is 2.51. The molecule has 0 aliphatic carbocycles. The quantitative estimate of drug-likeness (QED) is 0.197. The van der Waals surface area contributed by atoms with E-state index in [0.717, 1.165) is 0 Å². The number of hydrazone groups is 1.